The second-order valence-electron chi connectivity index (χ2n) is 2.77. The SMILES string of the molecule is CCN(Cc1ccc(Br)s1)C(=O)CO. The smallest absolute Gasteiger partial charge is 0.248 e. The number of hydrogen-bond donors (Lipinski definition) is 1. The third-order valence-electron chi connectivity index (χ3n) is 1.85. The lowest BCUT2D eigenvalue weighted by molar-refractivity contribution is -0.134. The van der Waals surface area contributed by atoms with Crippen LogP contribution in [0.3, 0.4) is 0 Å². The van der Waals surface area contributed by atoms with Gasteiger partial charge in [0.1, 0.15) is 6.61 Å². The molecule has 1 heterocycles. The van der Waals surface area contributed by atoms with Gasteiger partial charge >= 0.3 is 0 Å². The number of nitrogens with zero attached hydrogens (tertiary/aromatic N) is 1. The predicted molar refractivity (Wildman–Crippen MR) is 60.2 cm³/mol. The first-order valence-corrected chi connectivity index (χ1v) is 5.91. The summed E-state index contributed by atoms with van der Waals surface area (Å²) >= 11 is 4.96. The van der Waals surface area contributed by atoms with Crippen molar-refractivity contribution in [2.75, 3.05) is 13.2 Å². The van der Waals surface area contributed by atoms with E-state index < -0.39 is 6.61 Å². The number of halogens is 1. The molecule has 0 radical (unpaired) electrons. The van der Waals surface area contributed by atoms with Crippen LogP contribution < -0.4 is 0 Å². The zero-order valence-corrected chi connectivity index (χ0v) is 10.3. The Bertz CT molecular complexity index is 314. The van der Waals surface area contributed by atoms with Crippen LogP contribution >= 0.6 is 27.3 Å². The van der Waals surface area contributed by atoms with E-state index in [1.54, 1.807) is 16.2 Å². The largest absolute Gasteiger partial charge is 0.387 e. The number of aliphatic hydroxyl groups excluding tert-OH is 1. The Labute approximate surface area is 95.5 Å². The van der Waals surface area contributed by atoms with Crippen LogP contribution in [0.2, 0.25) is 0 Å². The van der Waals surface area contributed by atoms with Crippen molar-refractivity contribution < 1.29 is 9.90 Å². The van der Waals surface area contributed by atoms with Crippen LogP contribution in [0.5, 0.6) is 0 Å². The van der Waals surface area contributed by atoms with E-state index in [1.807, 2.05) is 19.1 Å². The fourth-order valence-electron chi connectivity index (χ4n) is 1.10. The molecular formula is C9H12BrNO2S. The highest BCUT2D eigenvalue weighted by Gasteiger charge is 2.11. The molecule has 0 aliphatic heterocycles. The van der Waals surface area contributed by atoms with E-state index in [0.29, 0.717) is 13.1 Å². The maximum atomic E-state index is 11.2. The molecule has 0 fully saturated rings. The monoisotopic (exact) mass is 277 g/mol. The molecule has 3 nitrogen and oxygen atoms in total. The molecule has 1 amide bonds. The maximum absolute atomic E-state index is 11.2. The minimum Gasteiger partial charge on any atom is -0.387 e. The van der Waals surface area contributed by atoms with E-state index in [0.717, 1.165) is 8.66 Å². The highest BCUT2D eigenvalue weighted by Crippen LogP contribution is 2.23. The number of likely N-dealkylation sites (N-methyl/N-ethyl adjacent to an activating group) is 1. The highest BCUT2D eigenvalue weighted by atomic mass is 79.9. The molecule has 0 bridgehead atoms. The van der Waals surface area contributed by atoms with Crippen LogP contribution in [-0.4, -0.2) is 29.1 Å². The number of carbonyl (C=O) groups excluding carboxylic acids is 1. The lowest BCUT2D eigenvalue weighted by Gasteiger charge is -2.18. The van der Waals surface area contributed by atoms with Crippen molar-refractivity contribution in [1.29, 1.82) is 0 Å². The first-order chi connectivity index (χ1) is 6.67. The Hall–Kier alpha value is -0.390. The molecule has 5 heteroatoms. The third-order valence-corrected chi connectivity index (χ3v) is 3.45. The zero-order chi connectivity index (χ0) is 10.6. The van der Waals surface area contributed by atoms with Crippen LogP contribution in [0.4, 0.5) is 0 Å². The first kappa shape index (κ1) is 11.7. The minimum absolute atomic E-state index is 0.225. The first-order valence-electron chi connectivity index (χ1n) is 4.30. The summed E-state index contributed by atoms with van der Waals surface area (Å²) in [5.41, 5.74) is 0. The summed E-state index contributed by atoms with van der Waals surface area (Å²) in [6.07, 6.45) is 0. The number of hydrogen-bond acceptors (Lipinski definition) is 3. The van der Waals surface area contributed by atoms with E-state index in [1.165, 1.54) is 0 Å². The van der Waals surface area contributed by atoms with Crippen LogP contribution in [0.25, 0.3) is 0 Å². The molecule has 0 saturated heterocycles. The Balaban J connectivity index is 2.61. The number of carbonyl (C=O) groups is 1. The van der Waals surface area contributed by atoms with E-state index in [2.05, 4.69) is 15.9 Å². The van der Waals surface area contributed by atoms with Crippen LogP contribution in [-0.2, 0) is 11.3 Å². The summed E-state index contributed by atoms with van der Waals surface area (Å²) in [5.74, 6) is -0.225. The lowest BCUT2D eigenvalue weighted by Crippen LogP contribution is -2.32. The van der Waals surface area contributed by atoms with Gasteiger partial charge in [-0.2, -0.15) is 0 Å². The molecule has 0 aliphatic carbocycles. The molecule has 14 heavy (non-hydrogen) atoms. The van der Waals surface area contributed by atoms with Gasteiger partial charge in [0.05, 0.1) is 10.3 Å². The Morgan fingerprint density at radius 3 is 2.79 bits per heavy atom. The molecule has 78 valence electrons. The standard InChI is InChI=1S/C9H12BrNO2S/c1-2-11(9(13)6-12)5-7-3-4-8(10)14-7/h3-4,12H,2,5-6H2,1H3. The fourth-order valence-corrected chi connectivity index (χ4v) is 2.60. The van der Waals surface area contributed by atoms with Gasteiger partial charge in [0.15, 0.2) is 0 Å². The molecule has 0 atom stereocenters. The van der Waals surface area contributed by atoms with Gasteiger partial charge in [-0.05, 0) is 35.0 Å². The zero-order valence-electron chi connectivity index (χ0n) is 7.86. The van der Waals surface area contributed by atoms with Crippen LogP contribution in [0.1, 0.15) is 11.8 Å². The van der Waals surface area contributed by atoms with Gasteiger partial charge in [-0.15, -0.1) is 11.3 Å². The molecule has 1 rings (SSSR count). The number of rotatable bonds is 4. The summed E-state index contributed by atoms with van der Waals surface area (Å²) in [5, 5.41) is 8.72. The molecule has 1 aromatic rings. The lowest BCUT2D eigenvalue weighted by atomic mass is 10.4. The van der Waals surface area contributed by atoms with Crippen LogP contribution in [0, 0.1) is 0 Å². The van der Waals surface area contributed by atoms with Gasteiger partial charge < -0.3 is 10.0 Å². The van der Waals surface area contributed by atoms with Gasteiger partial charge in [0.2, 0.25) is 5.91 Å². The summed E-state index contributed by atoms with van der Waals surface area (Å²) < 4.78 is 1.06. The van der Waals surface area contributed by atoms with Crippen molar-refractivity contribution in [2.45, 2.75) is 13.5 Å². The number of aliphatic hydroxyl groups is 1. The van der Waals surface area contributed by atoms with Crippen molar-refractivity contribution in [3.8, 4) is 0 Å². The summed E-state index contributed by atoms with van der Waals surface area (Å²) in [6, 6.07) is 3.93. The number of amides is 1. The topological polar surface area (TPSA) is 40.5 Å². The third kappa shape index (κ3) is 3.08. The summed E-state index contributed by atoms with van der Waals surface area (Å²) in [7, 11) is 0. The van der Waals surface area contributed by atoms with Crippen molar-refractivity contribution in [2.24, 2.45) is 0 Å². The molecule has 0 saturated carbocycles. The van der Waals surface area contributed by atoms with E-state index >= 15 is 0 Å². The maximum Gasteiger partial charge on any atom is 0.248 e. The van der Waals surface area contributed by atoms with Gasteiger partial charge in [-0.1, -0.05) is 0 Å². The molecule has 0 unspecified atom stereocenters. The van der Waals surface area contributed by atoms with E-state index in [4.69, 9.17) is 5.11 Å². The average Bonchev–Trinajstić information content (AvgIpc) is 2.59. The summed E-state index contributed by atoms with van der Waals surface area (Å²) in [4.78, 5) is 14.0. The van der Waals surface area contributed by atoms with Gasteiger partial charge in [-0.25, -0.2) is 0 Å². The van der Waals surface area contributed by atoms with Gasteiger partial charge in [-0.3, -0.25) is 4.79 Å². The van der Waals surface area contributed by atoms with Crippen molar-refractivity contribution in [3.63, 3.8) is 0 Å². The minimum atomic E-state index is -0.416. The normalized spacial score (nSPS) is 10.2. The van der Waals surface area contributed by atoms with E-state index in [-0.39, 0.29) is 5.91 Å². The quantitative estimate of drug-likeness (QED) is 0.913. The second kappa shape index (κ2) is 5.48. The van der Waals surface area contributed by atoms with E-state index in [9.17, 15) is 4.79 Å². The average molecular weight is 278 g/mol. The number of thiophene rings is 1. The van der Waals surface area contributed by atoms with Crippen LogP contribution in [0.15, 0.2) is 15.9 Å². The van der Waals surface area contributed by atoms with Gasteiger partial charge in [0, 0.05) is 11.4 Å². The molecular weight excluding hydrogens is 266 g/mol. The Kier molecular flexibility index (Phi) is 4.57. The van der Waals surface area contributed by atoms with Crippen molar-refractivity contribution in [3.05, 3.63) is 20.8 Å². The fraction of sp³-hybridized carbons (Fsp3) is 0.444. The molecule has 0 aliphatic rings. The highest BCUT2D eigenvalue weighted by molar-refractivity contribution is 9.11. The molecule has 0 aromatic carbocycles. The molecule has 1 N–H and O–H groups in total. The predicted octanol–water partition coefficient (Wildman–Crippen LogP) is 1.85. The molecule has 0 spiro atoms. The molecule has 1 aromatic heterocycles. The second-order valence-corrected chi connectivity index (χ2v) is 5.32. The Morgan fingerprint density at radius 2 is 2.36 bits per heavy atom. The van der Waals surface area contributed by atoms with Crippen molar-refractivity contribution in [1.82, 2.24) is 4.90 Å². The van der Waals surface area contributed by atoms with Crippen molar-refractivity contribution >= 4 is 33.2 Å². The Morgan fingerprint density at radius 1 is 1.64 bits per heavy atom. The van der Waals surface area contributed by atoms with Gasteiger partial charge in [0.25, 0.3) is 0 Å². The summed E-state index contributed by atoms with van der Waals surface area (Å²) in [6.45, 7) is 2.68.